The van der Waals surface area contributed by atoms with Gasteiger partial charge in [-0.05, 0) is 31.6 Å². The van der Waals surface area contributed by atoms with Crippen LogP contribution in [-0.2, 0) is 19.1 Å². The van der Waals surface area contributed by atoms with E-state index in [2.05, 4.69) is 13.8 Å². The van der Waals surface area contributed by atoms with E-state index in [-0.39, 0.29) is 18.0 Å². The first-order chi connectivity index (χ1) is 12.5. The normalized spacial score (nSPS) is 12.2. The molecular formula is C22H42O4. The van der Waals surface area contributed by atoms with E-state index >= 15 is 0 Å². The van der Waals surface area contributed by atoms with Crippen molar-refractivity contribution in [1.29, 1.82) is 0 Å². The van der Waals surface area contributed by atoms with E-state index in [0.29, 0.717) is 25.4 Å². The van der Waals surface area contributed by atoms with Crippen LogP contribution in [-0.4, -0.2) is 24.6 Å². The molecule has 0 aromatic carbocycles. The average molecular weight is 371 g/mol. The Hall–Kier alpha value is -1.06. The molecule has 0 rings (SSSR count). The van der Waals surface area contributed by atoms with Gasteiger partial charge in [0.25, 0.3) is 0 Å². The fourth-order valence-corrected chi connectivity index (χ4v) is 2.84. The highest BCUT2D eigenvalue weighted by atomic mass is 16.5. The number of carbonyl (C=O) groups is 2. The van der Waals surface area contributed by atoms with Crippen molar-refractivity contribution in [3.8, 4) is 0 Å². The van der Waals surface area contributed by atoms with Crippen LogP contribution < -0.4 is 0 Å². The summed E-state index contributed by atoms with van der Waals surface area (Å²) in [4.78, 5) is 23.4. The number of esters is 2. The molecule has 1 atom stereocenters. The number of hydrogen-bond donors (Lipinski definition) is 0. The van der Waals surface area contributed by atoms with Gasteiger partial charge in [0.2, 0.25) is 0 Å². The fourth-order valence-electron chi connectivity index (χ4n) is 2.84. The molecule has 0 fully saturated rings. The first-order valence-corrected chi connectivity index (χ1v) is 10.8. The van der Waals surface area contributed by atoms with Gasteiger partial charge in [-0.25, -0.2) is 0 Å². The molecule has 0 aromatic heterocycles. The van der Waals surface area contributed by atoms with E-state index in [1.54, 1.807) is 0 Å². The Balaban J connectivity index is 3.55. The molecule has 26 heavy (non-hydrogen) atoms. The van der Waals surface area contributed by atoms with E-state index in [4.69, 9.17) is 9.47 Å². The Labute approximate surface area is 161 Å². The Morgan fingerprint density at radius 3 is 1.85 bits per heavy atom. The molecule has 0 bridgehead atoms. The summed E-state index contributed by atoms with van der Waals surface area (Å²) in [7, 11) is 0. The van der Waals surface area contributed by atoms with Gasteiger partial charge in [-0.2, -0.15) is 0 Å². The second-order valence-corrected chi connectivity index (χ2v) is 7.74. The van der Waals surface area contributed by atoms with Crippen LogP contribution in [0, 0.1) is 5.92 Å². The predicted octanol–water partition coefficient (Wildman–Crippen LogP) is 6.21. The molecule has 0 saturated heterocycles. The van der Waals surface area contributed by atoms with Gasteiger partial charge in [0, 0.05) is 12.8 Å². The maximum Gasteiger partial charge on any atom is 0.306 e. The molecule has 0 aliphatic heterocycles. The molecule has 154 valence electrons. The minimum atomic E-state index is -0.0776. The quantitative estimate of drug-likeness (QED) is 0.226. The summed E-state index contributed by atoms with van der Waals surface area (Å²) in [5.41, 5.74) is 0. The Morgan fingerprint density at radius 2 is 1.31 bits per heavy atom. The van der Waals surface area contributed by atoms with Crippen molar-refractivity contribution in [2.24, 2.45) is 5.92 Å². The number of hydrogen-bond acceptors (Lipinski definition) is 4. The molecule has 0 aliphatic carbocycles. The molecular weight excluding hydrogens is 328 g/mol. The van der Waals surface area contributed by atoms with Gasteiger partial charge in [-0.3, -0.25) is 9.59 Å². The molecule has 0 saturated carbocycles. The third-order valence-electron chi connectivity index (χ3n) is 4.38. The van der Waals surface area contributed by atoms with Crippen LogP contribution >= 0.6 is 0 Å². The van der Waals surface area contributed by atoms with Crippen LogP contribution in [0.4, 0.5) is 0 Å². The number of ether oxygens (including phenoxy) is 2. The lowest BCUT2D eigenvalue weighted by molar-refractivity contribution is -0.150. The summed E-state index contributed by atoms with van der Waals surface area (Å²) in [5.74, 6) is 0.285. The Kier molecular flexibility index (Phi) is 16.7. The molecule has 4 heteroatoms. The smallest absolute Gasteiger partial charge is 0.306 e. The summed E-state index contributed by atoms with van der Waals surface area (Å²) in [5, 5.41) is 0. The zero-order chi connectivity index (χ0) is 19.6. The van der Waals surface area contributed by atoms with Crippen molar-refractivity contribution in [3.63, 3.8) is 0 Å². The highest BCUT2D eigenvalue weighted by molar-refractivity contribution is 5.69. The first-order valence-electron chi connectivity index (χ1n) is 10.8. The second kappa shape index (κ2) is 17.4. The van der Waals surface area contributed by atoms with Crippen molar-refractivity contribution in [1.82, 2.24) is 0 Å². The largest absolute Gasteiger partial charge is 0.465 e. The standard InChI is InChI=1S/C22H42O4/c1-5-7-15-20(14-6-2)26-22(24)17-13-11-9-8-10-12-16-21(23)25-18-19(3)4/h19-20H,5-18H2,1-4H3. The first kappa shape index (κ1) is 24.9. The van der Waals surface area contributed by atoms with Crippen LogP contribution in [0.25, 0.3) is 0 Å². The molecule has 0 heterocycles. The number of unbranched alkanes of at least 4 members (excludes halogenated alkanes) is 6. The minimum Gasteiger partial charge on any atom is -0.465 e. The third-order valence-corrected chi connectivity index (χ3v) is 4.38. The van der Waals surface area contributed by atoms with Gasteiger partial charge in [0.15, 0.2) is 0 Å². The number of carbonyl (C=O) groups excluding carboxylic acids is 2. The van der Waals surface area contributed by atoms with Gasteiger partial charge in [-0.1, -0.05) is 72.6 Å². The highest BCUT2D eigenvalue weighted by Gasteiger charge is 2.12. The second-order valence-electron chi connectivity index (χ2n) is 7.74. The summed E-state index contributed by atoms with van der Waals surface area (Å²) in [6.07, 6.45) is 12.6. The van der Waals surface area contributed by atoms with Gasteiger partial charge in [-0.15, -0.1) is 0 Å². The minimum absolute atomic E-state index is 0.0348. The van der Waals surface area contributed by atoms with E-state index in [0.717, 1.165) is 70.6 Å². The molecule has 4 nitrogen and oxygen atoms in total. The zero-order valence-corrected chi connectivity index (χ0v) is 17.7. The van der Waals surface area contributed by atoms with Gasteiger partial charge < -0.3 is 9.47 Å². The van der Waals surface area contributed by atoms with Crippen molar-refractivity contribution in [2.45, 2.75) is 117 Å². The van der Waals surface area contributed by atoms with Crippen LogP contribution in [0.5, 0.6) is 0 Å². The maximum absolute atomic E-state index is 11.9. The van der Waals surface area contributed by atoms with Gasteiger partial charge in [0.05, 0.1) is 6.61 Å². The summed E-state index contributed by atoms with van der Waals surface area (Å²) >= 11 is 0. The van der Waals surface area contributed by atoms with Crippen LogP contribution in [0.1, 0.15) is 111 Å². The van der Waals surface area contributed by atoms with Crippen LogP contribution in [0.2, 0.25) is 0 Å². The van der Waals surface area contributed by atoms with Crippen molar-refractivity contribution in [3.05, 3.63) is 0 Å². The molecule has 0 aliphatic rings. The molecule has 0 aromatic rings. The third kappa shape index (κ3) is 16.4. The lowest BCUT2D eigenvalue weighted by Gasteiger charge is -2.17. The van der Waals surface area contributed by atoms with E-state index in [1.807, 2.05) is 13.8 Å². The lowest BCUT2D eigenvalue weighted by Crippen LogP contribution is -2.18. The number of rotatable bonds is 17. The zero-order valence-electron chi connectivity index (χ0n) is 17.7. The van der Waals surface area contributed by atoms with Crippen molar-refractivity contribution >= 4 is 11.9 Å². The molecule has 0 radical (unpaired) electrons. The SMILES string of the molecule is CCCCC(CCC)OC(=O)CCCCCCCCC(=O)OCC(C)C. The lowest BCUT2D eigenvalue weighted by atomic mass is 10.1. The van der Waals surface area contributed by atoms with E-state index in [1.165, 1.54) is 0 Å². The van der Waals surface area contributed by atoms with Gasteiger partial charge in [0.1, 0.15) is 6.10 Å². The van der Waals surface area contributed by atoms with Crippen LogP contribution in [0.15, 0.2) is 0 Å². The summed E-state index contributed by atoms with van der Waals surface area (Å²) in [6, 6.07) is 0. The molecule has 1 unspecified atom stereocenters. The summed E-state index contributed by atoms with van der Waals surface area (Å²) in [6.45, 7) is 8.90. The molecule has 0 spiro atoms. The summed E-state index contributed by atoms with van der Waals surface area (Å²) < 4.78 is 10.8. The van der Waals surface area contributed by atoms with Crippen molar-refractivity contribution in [2.75, 3.05) is 6.61 Å². The molecule has 0 N–H and O–H groups in total. The maximum atomic E-state index is 11.9. The van der Waals surface area contributed by atoms with Gasteiger partial charge >= 0.3 is 11.9 Å². The van der Waals surface area contributed by atoms with Crippen LogP contribution in [0.3, 0.4) is 0 Å². The highest BCUT2D eigenvalue weighted by Crippen LogP contribution is 2.14. The molecule has 0 amide bonds. The Bertz CT molecular complexity index is 352. The monoisotopic (exact) mass is 370 g/mol. The van der Waals surface area contributed by atoms with E-state index < -0.39 is 0 Å². The fraction of sp³-hybridized carbons (Fsp3) is 0.909. The average Bonchev–Trinajstić information content (AvgIpc) is 2.60. The topological polar surface area (TPSA) is 52.6 Å². The van der Waals surface area contributed by atoms with E-state index in [9.17, 15) is 9.59 Å². The van der Waals surface area contributed by atoms with Crippen molar-refractivity contribution < 1.29 is 19.1 Å². The predicted molar refractivity (Wildman–Crippen MR) is 107 cm³/mol. The Morgan fingerprint density at radius 1 is 0.731 bits per heavy atom.